The molecule has 0 radical (unpaired) electrons. The fourth-order valence-electron chi connectivity index (χ4n) is 3.65. The fraction of sp³-hybridized carbons (Fsp3) is 0.682. The zero-order valence-electron chi connectivity index (χ0n) is 17.8. The molecule has 7 nitrogen and oxygen atoms in total. The van der Waals surface area contributed by atoms with E-state index in [4.69, 9.17) is 14.2 Å². The summed E-state index contributed by atoms with van der Waals surface area (Å²) in [5.41, 5.74) is 0. The van der Waals surface area contributed by atoms with Gasteiger partial charge in [-0.15, -0.1) is 0 Å². The van der Waals surface area contributed by atoms with Gasteiger partial charge in [-0.1, -0.05) is 0 Å². The van der Waals surface area contributed by atoms with Crippen LogP contribution in [-0.4, -0.2) is 80.3 Å². The van der Waals surface area contributed by atoms with E-state index >= 15 is 0 Å². The molecule has 1 aromatic rings. The average molecular weight is 424 g/mol. The lowest BCUT2D eigenvalue weighted by Gasteiger charge is -2.34. The molecule has 2 aliphatic rings. The van der Waals surface area contributed by atoms with Crippen molar-refractivity contribution in [2.45, 2.75) is 50.9 Å². The van der Waals surface area contributed by atoms with Crippen molar-refractivity contribution in [3.63, 3.8) is 0 Å². The monoisotopic (exact) mass is 423 g/mol. The van der Waals surface area contributed by atoms with E-state index < -0.39 is 6.10 Å². The number of nitrogens with zero attached hydrogens (tertiary/aromatic N) is 2. The number of likely N-dealkylation sites (tertiary alicyclic amines) is 1. The van der Waals surface area contributed by atoms with Crippen LogP contribution in [0, 0.1) is 5.82 Å². The Hall–Kier alpha value is -1.90. The number of aliphatic hydroxyl groups is 1. The summed E-state index contributed by atoms with van der Waals surface area (Å²) in [4.78, 5) is 6.79. The van der Waals surface area contributed by atoms with Gasteiger partial charge in [0.2, 0.25) is 0 Å². The SMILES string of the molecule is CCNC(=NCC(O)COc1ccc(F)cc1)N1CCC(OCC2CCCO2)CC1. The number of ether oxygens (including phenoxy) is 3. The molecule has 1 aromatic carbocycles. The zero-order chi connectivity index (χ0) is 21.2. The largest absolute Gasteiger partial charge is 0.491 e. The van der Waals surface area contributed by atoms with Crippen molar-refractivity contribution in [3.8, 4) is 5.75 Å². The summed E-state index contributed by atoms with van der Waals surface area (Å²) >= 11 is 0. The first-order valence-corrected chi connectivity index (χ1v) is 11.0. The van der Waals surface area contributed by atoms with Crippen molar-refractivity contribution in [2.75, 3.05) is 46.0 Å². The van der Waals surface area contributed by atoms with E-state index in [-0.39, 0.29) is 31.2 Å². The minimum Gasteiger partial charge on any atom is -0.491 e. The smallest absolute Gasteiger partial charge is 0.194 e. The second kappa shape index (κ2) is 12.1. The Morgan fingerprint density at radius 2 is 2.07 bits per heavy atom. The highest BCUT2D eigenvalue weighted by molar-refractivity contribution is 5.80. The number of piperidine rings is 1. The summed E-state index contributed by atoms with van der Waals surface area (Å²) in [6.45, 7) is 6.41. The summed E-state index contributed by atoms with van der Waals surface area (Å²) in [5, 5.41) is 13.5. The van der Waals surface area contributed by atoms with Crippen LogP contribution in [0.15, 0.2) is 29.3 Å². The summed E-state index contributed by atoms with van der Waals surface area (Å²) < 4.78 is 30.1. The molecule has 3 rings (SSSR count). The highest BCUT2D eigenvalue weighted by Gasteiger charge is 2.24. The molecular weight excluding hydrogens is 389 g/mol. The molecule has 8 heteroatoms. The molecule has 30 heavy (non-hydrogen) atoms. The third-order valence-electron chi connectivity index (χ3n) is 5.33. The minimum atomic E-state index is -0.740. The number of aliphatic hydroxyl groups excluding tert-OH is 1. The number of benzene rings is 1. The topological polar surface area (TPSA) is 75.6 Å². The first kappa shape index (κ1) is 22.8. The van der Waals surface area contributed by atoms with Gasteiger partial charge >= 0.3 is 0 Å². The quantitative estimate of drug-likeness (QED) is 0.469. The third-order valence-corrected chi connectivity index (χ3v) is 5.33. The molecule has 0 amide bonds. The standard InChI is InChI=1S/C22H34FN3O4/c1-2-24-22(25-14-18(27)15-29-19-7-5-17(23)6-8-19)26-11-9-20(10-12-26)30-16-21-4-3-13-28-21/h5-8,18,20-21,27H,2-4,9-16H2,1H3,(H,24,25). The zero-order valence-corrected chi connectivity index (χ0v) is 17.8. The van der Waals surface area contributed by atoms with Gasteiger partial charge in [0.15, 0.2) is 5.96 Å². The molecule has 2 N–H and O–H groups in total. The Morgan fingerprint density at radius 1 is 1.30 bits per heavy atom. The number of halogens is 1. The van der Waals surface area contributed by atoms with Crippen LogP contribution in [0.1, 0.15) is 32.6 Å². The summed E-state index contributed by atoms with van der Waals surface area (Å²) in [6.07, 6.45) is 3.93. The van der Waals surface area contributed by atoms with Gasteiger partial charge < -0.3 is 29.5 Å². The van der Waals surface area contributed by atoms with E-state index in [0.29, 0.717) is 12.4 Å². The first-order chi connectivity index (χ1) is 14.6. The van der Waals surface area contributed by atoms with E-state index in [1.165, 1.54) is 12.1 Å². The lowest BCUT2D eigenvalue weighted by Crippen LogP contribution is -2.47. The number of hydrogen-bond donors (Lipinski definition) is 2. The van der Waals surface area contributed by atoms with Crippen molar-refractivity contribution < 1.29 is 23.7 Å². The van der Waals surface area contributed by atoms with Gasteiger partial charge in [0.1, 0.15) is 24.3 Å². The molecule has 2 fully saturated rings. The van der Waals surface area contributed by atoms with Gasteiger partial charge in [-0.3, -0.25) is 4.99 Å². The summed E-state index contributed by atoms with van der Waals surface area (Å²) in [6, 6.07) is 5.75. The van der Waals surface area contributed by atoms with E-state index in [0.717, 1.165) is 57.9 Å². The van der Waals surface area contributed by atoms with E-state index in [1.54, 1.807) is 12.1 Å². The van der Waals surface area contributed by atoms with Crippen LogP contribution in [0.3, 0.4) is 0 Å². The Bertz CT molecular complexity index is 644. The van der Waals surface area contributed by atoms with Crippen LogP contribution >= 0.6 is 0 Å². The Morgan fingerprint density at radius 3 is 2.73 bits per heavy atom. The van der Waals surface area contributed by atoms with Crippen molar-refractivity contribution in [3.05, 3.63) is 30.1 Å². The number of guanidine groups is 1. The van der Waals surface area contributed by atoms with Gasteiger partial charge in [-0.25, -0.2) is 4.39 Å². The normalized spacial score (nSPS) is 21.6. The molecule has 0 aromatic heterocycles. The molecule has 0 bridgehead atoms. The molecule has 2 heterocycles. The molecule has 168 valence electrons. The van der Waals surface area contributed by atoms with Gasteiger partial charge in [0, 0.05) is 26.2 Å². The number of hydrogen-bond acceptors (Lipinski definition) is 5. The highest BCUT2D eigenvalue weighted by atomic mass is 19.1. The Labute approximate surface area is 178 Å². The lowest BCUT2D eigenvalue weighted by molar-refractivity contribution is -0.0367. The van der Waals surface area contributed by atoms with Gasteiger partial charge in [-0.05, 0) is 56.9 Å². The van der Waals surface area contributed by atoms with Crippen molar-refractivity contribution in [1.29, 1.82) is 0 Å². The Kier molecular flexibility index (Phi) is 9.17. The predicted octanol–water partition coefficient (Wildman–Crippen LogP) is 2.19. The predicted molar refractivity (Wildman–Crippen MR) is 113 cm³/mol. The Balaban J connectivity index is 1.40. The molecule has 0 saturated carbocycles. The third kappa shape index (κ3) is 7.41. The first-order valence-electron chi connectivity index (χ1n) is 11.0. The maximum atomic E-state index is 12.9. The molecule has 0 spiro atoms. The molecule has 2 saturated heterocycles. The van der Waals surface area contributed by atoms with E-state index in [2.05, 4.69) is 15.2 Å². The second-order valence-corrected chi connectivity index (χ2v) is 7.77. The lowest BCUT2D eigenvalue weighted by atomic mass is 10.1. The number of aliphatic imine (C=N–C) groups is 1. The van der Waals surface area contributed by atoms with Crippen LogP contribution in [-0.2, 0) is 9.47 Å². The van der Waals surface area contributed by atoms with Gasteiger partial charge in [-0.2, -0.15) is 0 Å². The van der Waals surface area contributed by atoms with Crippen LogP contribution in [0.4, 0.5) is 4.39 Å². The molecular formula is C22H34FN3O4. The van der Waals surface area contributed by atoms with Crippen LogP contribution in [0.2, 0.25) is 0 Å². The average Bonchev–Trinajstić information content (AvgIpc) is 3.29. The van der Waals surface area contributed by atoms with Crippen LogP contribution in [0.5, 0.6) is 5.75 Å². The molecule has 2 unspecified atom stereocenters. The molecule has 2 atom stereocenters. The summed E-state index contributed by atoms with van der Waals surface area (Å²) in [5.74, 6) is 1.01. The molecule has 2 aliphatic heterocycles. The van der Waals surface area contributed by atoms with Crippen LogP contribution in [0.25, 0.3) is 0 Å². The van der Waals surface area contributed by atoms with Crippen molar-refractivity contribution in [2.24, 2.45) is 4.99 Å². The van der Waals surface area contributed by atoms with Gasteiger partial charge in [0.05, 0.1) is 25.4 Å². The maximum Gasteiger partial charge on any atom is 0.194 e. The van der Waals surface area contributed by atoms with E-state index in [9.17, 15) is 9.50 Å². The van der Waals surface area contributed by atoms with Crippen molar-refractivity contribution in [1.82, 2.24) is 10.2 Å². The maximum absolute atomic E-state index is 12.9. The van der Waals surface area contributed by atoms with E-state index in [1.807, 2.05) is 6.92 Å². The van der Waals surface area contributed by atoms with Crippen molar-refractivity contribution >= 4 is 5.96 Å². The van der Waals surface area contributed by atoms with Crippen LogP contribution < -0.4 is 10.1 Å². The highest BCUT2D eigenvalue weighted by Crippen LogP contribution is 2.18. The molecule has 0 aliphatic carbocycles. The number of rotatable bonds is 9. The number of nitrogens with one attached hydrogen (secondary N) is 1. The second-order valence-electron chi connectivity index (χ2n) is 7.77. The fourth-order valence-corrected chi connectivity index (χ4v) is 3.65. The minimum absolute atomic E-state index is 0.105. The summed E-state index contributed by atoms with van der Waals surface area (Å²) in [7, 11) is 0. The van der Waals surface area contributed by atoms with Gasteiger partial charge in [0.25, 0.3) is 0 Å².